The highest BCUT2D eigenvalue weighted by Gasteiger charge is 2.70. The summed E-state index contributed by atoms with van der Waals surface area (Å²) in [4.78, 5) is 39.4. The first kappa shape index (κ1) is 14.9. The van der Waals surface area contributed by atoms with E-state index >= 15 is 0 Å². The van der Waals surface area contributed by atoms with Crippen LogP contribution in [0.15, 0.2) is 11.6 Å². The van der Waals surface area contributed by atoms with E-state index in [1.165, 1.54) is 6.08 Å². The molecule has 3 saturated heterocycles. The van der Waals surface area contributed by atoms with Crippen LogP contribution in [0.3, 0.4) is 0 Å². The zero-order chi connectivity index (χ0) is 16.6. The number of ketones is 1. The van der Waals surface area contributed by atoms with Crippen LogP contribution in [0.1, 0.15) is 40.0 Å². The maximum absolute atomic E-state index is 13.1. The van der Waals surface area contributed by atoms with Gasteiger partial charge >= 0.3 is 11.9 Å². The van der Waals surface area contributed by atoms with E-state index in [9.17, 15) is 14.4 Å². The number of hydrogen-bond acceptors (Lipinski definition) is 6. The Labute approximate surface area is 134 Å². The number of carbonyl (C=O) groups is 3. The average Bonchev–Trinajstić information content (AvgIpc) is 3.05. The van der Waals surface area contributed by atoms with Gasteiger partial charge in [-0.25, -0.2) is 4.79 Å². The second kappa shape index (κ2) is 4.44. The summed E-state index contributed by atoms with van der Waals surface area (Å²) in [6.45, 7) is 6.13. The molecule has 5 aliphatic rings. The van der Waals surface area contributed by atoms with Crippen molar-refractivity contribution in [2.75, 3.05) is 6.54 Å². The summed E-state index contributed by atoms with van der Waals surface area (Å²) >= 11 is 0. The Morgan fingerprint density at radius 3 is 2.83 bits per heavy atom. The van der Waals surface area contributed by atoms with Crippen LogP contribution in [-0.4, -0.2) is 53.0 Å². The first-order valence-corrected chi connectivity index (χ1v) is 8.20. The predicted molar refractivity (Wildman–Crippen MR) is 79.4 cm³/mol. The van der Waals surface area contributed by atoms with Crippen LogP contribution in [0.25, 0.3) is 0 Å². The molecule has 124 valence electrons. The van der Waals surface area contributed by atoms with Gasteiger partial charge in [-0.15, -0.1) is 0 Å². The molecule has 4 heterocycles. The van der Waals surface area contributed by atoms with E-state index < -0.39 is 29.1 Å². The lowest BCUT2D eigenvalue weighted by atomic mass is 9.66. The smallest absolute Gasteiger partial charge is 0.332 e. The summed E-state index contributed by atoms with van der Waals surface area (Å²) in [5.41, 5.74) is -1.13. The van der Waals surface area contributed by atoms with Crippen molar-refractivity contribution in [1.29, 1.82) is 0 Å². The van der Waals surface area contributed by atoms with Gasteiger partial charge < -0.3 is 9.47 Å². The summed E-state index contributed by atoms with van der Waals surface area (Å²) in [5.74, 6) is -1.11. The molecule has 1 saturated carbocycles. The number of carbonyl (C=O) groups excluding carboxylic acids is 3. The van der Waals surface area contributed by atoms with Crippen molar-refractivity contribution >= 4 is 17.7 Å². The summed E-state index contributed by atoms with van der Waals surface area (Å²) in [6.07, 6.45) is 2.95. The van der Waals surface area contributed by atoms with E-state index in [4.69, 9.17) is 9.47 Å². The molecule has 5 rings (SSSR count). The van der Waals surface area contributed by atoms with Crippen LogP contribution in [-0.2, 0) is 23.9 Å². The van der Waals surface area contributed by atoms with Crippen molar-refractivity contribution in [3.63, 3.8) is 0 Å². The molecule has 1 spiro atoms. The largest absolute Gasteiger partial charge is 0.452 e. The Hall–Kier alpha value is -1.69. The van der Waals surface area contributed by atoms with Gasteiger partial charge in [0.05, 0.1) is 17.5 Å². The Bertz CT molecular complexity index is 646. The Balaban J connectivity index is 1.73. The molecule has 2 bridgehead atoms. The number of esters is 2. The Kier molecular flexibility index (Phi) is 2.87. The molecule has 0 aromatic carbocycles. The number of hydrogen-bond donors (Lipinski definition) is 0. The second-order valence-corrected chi connectivity index (χ2v) is 7.93. The first-order chi connectivity index (χ1) is 10.7. The summed E-state index contributed by atoms with van der Waals surface area (Å²) in [7, 11) is 0. The summed E-state index contributed by atoms with van der Waals surface area (Å²) < 4.78 is 11.1. The minimum atomic E-state index is -1.22. The van der Waals surface area contributed by atoms with E-state index in [0.29, 0.717) is 6.42 Å². The monoisotopic (exact) mass is 319 g/mol. The van der Waals surface area contributed by atoms with E-state index in [1.54, 1.807) is 20.8 Å². The maximum Gasteiger partial charge on any atom is 0.332 e. The quantitative estimate of drug-likeness (QED) is 0.671. The zero-order valence-corrected chi connectivity index (χ0v) is 13.6. The average molecular weight is 319 g/mol. The van der Waals surface area contributed by atoms with Crippen LogP contribution in [0.2, 0.25) is 0 Å². The van der Waals surface area contributed by atoms with Gasteiger partial charge in [-0.3, -0.25) is 14.5 Å². The van der Waals surface area contributed by atoms with E-state index in [0.717, 1.165) is 25.0 Å². The van der Waals surface area contributed by atoms with Crippen LogP contribution < -0.4 is 0 Å². The molecule has 1 aliphatic carbocycles. The molecule has 0 amide bonds. The Morgan fingerprint density at radius 2 is 2.13 bits per heavy atom. The third-order valence-electron chi connectivity index (χ3n) is 5.47. The molecule has 6 nitrogen and oxygen atoms in total. The van der Waals surface area contributed by atoms with Crippen molar-refractivity contribution in [3.05, 3.63) is 11.6 Å². The number of nitrogens with zero attached hydrogens (tertiary/aromatic N) is 1. The van der Waals surface area contributed by atoms with Gasteiger partial charge in [0.15, 0.2) is 6.10 Å². The minimum absolute atomic E-state index is 0.101. The lowest BCUT2D eigenvalue weighted by Gasteiger charge is -2.55. The number of Topliss-reactive ketones (excluding diaryl/α,β-unsaturated/α-hetero) is 1. The molecule has 6 heteroatoms. The van der Waals surface area contributed by atoms with Gasteiger partial charge in [0.25, 0.3) is 0 Å². The van der Waals surface area contributed by atoms with Gasteiger partial charge in [-0.1, -0.05) is 0 Å². The van der Waals surface area contributed by atoms with Gasteiger partial charge in [0.1, 0.15) is 0 Å². The molecule has 0 unspecified atom stereocenters. The highest BCUT2D eigenvalue weighted by Crippen LogP contribution is 2.53. The van der Waals surface area contributed by atoms with Crippen LogP contribution >= 0.6 is 0 Å². The lowest BCUT2D eigenvalue weighted by molar-refractivity contribution is -0.196. The number of rotatable bonds is 1. The summed E-state index contributed by atoms with van der Waals surface area (Å²) in [6, 6.07) is -0.278. The number of piperidine rings is 2. The van der Waals surface area contributed by atoms with Crippen molar-refractivity contribution < 1.29 is 23.9 Å². The molecular weight excluding hydrogens is 298 g/mol. The molecular formula is C17H21NO5. The fourth-order valence-corrected chi connectivity index (χ4v) is 4.42. The predicted octanol–water partition coefficient (Wildman–Crippen LogP) is 0.986. The van der Waals surface area contributed by atoms with Gasteiger partial charge in [0, 0.05) is 6.08 Å². The first-order valence-electron chi connectivity index (χ1n) is 8.20. The molecule has 23 heavy (non-hydrogen) atoms. The summed E-state index contributed by atoms with van der Waals surface area (Å²) in [5, 5.41) is 0. The third-order valence-corrected chi connectivity index (χ3v) is 5.47. The fourth-order valence-electron chi connectivity index (χ4n) is 4.42. The van der Waals surface area contributed by atoms with E-state index in [-0.39, 0.29) is 17.9 Å². The van der Waals surface area contributed by atoms with E-state index in [2.05, 4.69) is 4.90 Å². The zero-order valence-electron chi connectivity index (χ0n) is 13.6. The molecule has 4 fully saturated rings. The van der Waals surface area contributed by atoms with Crippen LogP contribution in [0.5, 0.6) is 0 Å². The standard InChI is InChI=1S/C17H21NO5/c1-16(2,3)15(21)22-13-10-7-9-8-12(19)23-17(9,14(13)20)11-5-4-6-18(10)11/h8,10-11,13H,4-7H2,1-3H3/t10-,11-,13+,17+/m0/s1. The van der Waals surface area contributed by atoms with Crippen LogP contribution in [0, 0.1) is 5.41 Å². The topological polar surface area (TPSA) is 72.9 Å². The fraction of sp³-hybridized carbons (Fsp3) is 0.706. The third kappa shape index (κ3) is 1.81. The van der Waals surface area contributed by atoms with Crippen molar-refractivity contribution in [3.8, 4) is 0 Å². The van der Waals surface area contributed by atoms with Gasteiger partial charge in [-0.05, 0) is 52.2 Å². The molecule has 4 atom stereocenters. The molecule has 0 aromatic heterocycles. The van der Waals surface area contributed by atoms with Gasteiger partial charge in [-0.2, -0.15) is 0 Å². The van der Waals surface area contributed by atoms with Gasteiger partial charge in [0.2, 0.25) is 11.4 Å². The molecule has 0 radical (unpaired) electrons. The SMILES string of the molecule is CC(C)(C)C(=O)O[C@H]1C(=O)[C@@]23OC(=O)C=C2C[C@@H]1N1CCC[C@H]13. The molecule has 0 aromatic rings. The maximum atomic E-state index is 13.1. The normalized spacial score (nSPS) is 38.9. The minimum Gasteiger partial charge on any atom is -0.452 e. The Morgan fingerprint density at radius 1 is 1.39 bits per heavy atom. The van der Waals surface area contributed by atoms with E-state index in [1.807, 2.05) is 0 Å². The lowest BCUT2D eigenvalue weighted by Crippen LogP contribution is -2.74. The highest BCUT2D eigenvalue weighted by molar-refractivity contribution is 6.05. The van der Waals surface area contributed by atoms with Crippen LogP contribution in [0.4, 0.5) is 0 Å². The van der Waals surface area contributed by atoms with Crippen molar-refractivity contribution in [2.45, 2.75) is 63.8 Å². The van der Waals surface area contributed by atoms with Crippen molar-refractivity contribution in [1.82, 2.24) is 4.90 Å². The second-order valence-electron chi connectivity index (χ2n) is 7.93. The molecule has 0 N–H and O–H groups in total. The molecule has 4 aliphatic heterocycles. The number of fused-ring (bicyclic) bond motifs is 1. The van der Waals surface area contributed by atoms with Crippen molar-refractivity contribution in [2.24, 2.45) is 5.41 Å². The highest BCUT2D eigenvalue weighted by atomic mass is 16.6. The number of ether oxygens (including phenoxy) is 2.